The highest BCUT2D eigenvalue weighted by Crippen LogP contribution is 2.34. The van der Waals surface area contributed by atoms with E-state index in [0.29, 0.717) is 12.5 Å². The van der Waals surface area contributed by atoms with Crippen molar-refractivity contribution in [2.75, 3.05) is 7.11 Å². The van der Waals surface area contributed by atoms with Crippen molar-refractivity contribution >= 4 is 5.97 Å². The molecule has 19 heavy (non-hydrogen) atoms. The van der Waals surface area contributed by atoms with E-state index in [1.54, 1.807) is 7.11 Å². The molecule has 106 valence electrons. The second kappa shape index (κ2) is 6.08. The Morgan fingerprint density at radius 3 is 2.68 bits per heavy atom. The summed E-state index contributed by atoms with van der Waals surface area (Å²) in [6.45, 7) is 1.93. The average Bonchev–Trinajstić information content (AvgIpc) is 2.73. The Hall–Kier alpha value is -1.52. The molecule has 1 aliphatic rings. The van der Waals surface area contributed by atoms with Crippen molar-refractivity contribution in [3.8, 4) is 5.88 Å². The number of rotatable bonds is 5. The molecule has 1 N–H and O–H groups in total. The monoisotopic (exact) mass is 266 g/mol. The van der Waals surface area contributed by atoms with E-state index in [2.05, 4.69) is 5.10 Å². The summed E-state index contributed by atoms with van der Waals surface area (Å²) in [5.41, 5.74) is 1.83. The molecule has 0 saturated heterocycles. The molecule has 0 aromatic carbocycles. The molecule has 1 aliphatic carbocycles. The number of aryl methyl sites for hydroxylation is 1. The van der Waals surface area contributed by atoms with Crippen molar-refractivity contribution in [1.82, 2.24) is 9.78 Å². The van der Waals surface area contributed by atoms with Crippen LogP contribution in [0.4, 0.5) is 0 Å². The lowest BCUT2D eigenvalue weighted by molar-refractivity contribution is -0.136. The molecular formula is C14H22N2O3. The van der Waals surface area contributed by atoms with Crippen LogP contribution in [0.3, 0.4) is 0 Å². The summed E-state index contributed by atoms with van der Waals surface area (Å²) in [5.74, 6) is -0.0301. The van der Waals surface area contributed by atoms with Crippen LogP contribution in [0.2, 0.25) is 0 Å². The molecule has 1 fully saturated rings. The van der Waals surface area contributed by atoms with E-state index in [9.17, 15) is 4.79 Å². The van der Waals surface area contributed by atoms with E-state index in [4.69, 9.17) is 9.84 Å². The highest BCUT2D eigenvalue weighted by Gasteiger charge is 2.23. The maximum Gasteiger partial charge on any atom is 0.303 e. The normalized spacial score (nSPS) is 16.5. The fourth-order valence-corrected chi connectivity index (χ4v) is 2.87. The van der Waals surface area contributed by atoms with Crippen LogP contribution in [-0.2, 0) is 11.2 Å². The van der Waals surface area contributed by atoms with Gasteiger partial charge in [-0.25, -0.2) is 4.68 Å². The van der Waals surface area contributed by atoms with Gasteiger partial charge in [0, 0.05) is 12.0 Å². The molecule has 5 heteroatoms. The number of aromatic nitrogens is 2. The molecule has 5 nitrogen and oxygen atoms in total. The van der Waals surface area contributed by atoms with E-state index >= 15 is 0 Å². The molecule has 1 saturated carbocycles. The maximum atomic E-state index is 10.7. The standard InChI is InChI=1S/C14H22N2O3/c1-10-12(8-9-13(17)18)14(19-2)16(15-10)11-6-4-3-5-7-11/h11H,3-9H2,1-2H3,(H,17,18). The van der Waals surface area contributed by atoms with Crippen LogP contribution >= 0.6 is 0 Å². The molecule has 0 radical (unpaired) electrons. The summed E-state index contributed by atoms with van der Waals surface area (Å²) in [4.78, 5) is 10.7. The molecule has 1 heterocycles. The third-order valence-electron chi connectivity index (χ3n) is 3.86. The first-order valence-corrected chi connectivity index (χ1v) is 6.97. The topological polar surface area (TPSA) is 64.3 Å². The van der Waals surface area contributed by atoms with Crippen molar-refractivity contribution in [3.63, 3.8) is 0 Å². The number of carbonyl (C=O) groups is 1. The first-order valence-electron chi connectivity index (χ1n) is 6.97. The molecule has 0 spiro atoms. The van der Waals surface area contributed by atoms with E-state index in [-0.39, 0.29) is 6.42 Å². The molecule has 0 atom stereocenters. The van der Waals surface area contributed by atoms with Crippen molar-refractivity contribution < 1.29 is 14.6 Å². The minimum absolute atomic E-state index is 0.119. The van der Waals surface area contributed by atoms with Crippen LogP contribution in [0.15, 0.2) is 0 Å². The molecule has 0 aliphatic heterocycles. The van der Waals surface area contributed by atoms with E-state index < -0.39 is 5.97 Å². The minimum Gasteiger partial charge on any atom is -0.481 e. The first-order chi connectivity index (χ1) is 9.13. The lowest BCUT2D eigenvalue weighted by Crippen LogP contribution is -2.15. The van der Waals surface area contributed by atoms with Gasteiger partial charge in [-0.1, -0.05) is 19.3 Å². The van der Waals surface area contributed by atoms with Gasteiger partial charge in [0.1, 0.15) is 0 Å². The van der Waals surface area contributed by atoms with E-state index in [0.717, 1.165) is 30.0 Å². The number of hydrogen-bond acceptors (Lipinski definition) is 3. The molecule has 2 rings (SSSR count). The van der Waals surface area contributed by atoms with Crippen molar-refractivity contribution in [2.24, 2.45) is 0 Å². The van der Waals surface area contributed by atoms with Crippen LogP contribution in [0.1, 0.15) is 55.8 Å². The first kappa shape index (κ1) is 13.9. The summed E-state index contributed by atoms with van der Waals surface area (Å²) >= 11 is 0. The lowest BCUT2D eigenvalue weighted by atomic mass is 9.95. The zero-order valence-electron chi connectivity index (χ0n) is 11.7. The smallest absolute Gasteiger partial charge is 0.303 e. The number of methoxy groups -OCH3 is 1. The van der Waals surface area contributed by atoms with Gasteiger partial charge >= 0.3 is 5.97 Å². The van der Waals surface area contributed by atoms with Crippen LogP contribution in [0.25, 0.3) is 0 Å². The molecular weight excluding hydrogens is 244 g/mol. The van der Waals surface area contributed by atoms with Gasteiger partial charge in [-0.2, -0.15) is 5.10 Å². The Labute approximate surface area is 113 Å². The fraction of sp³-hybridized carbons (Fsp3) is 0.714. The van der Waals surface area contributed by atoms with Crippen LogP contribution in [-0.4, -0.2) is 28.0 Å². The number of aliphatic carboxylic acids is 1. The number of hydrogen-bond donors (Lipinski definition) is 1. The van der Waals surface area contributed by atoms with Gasteiger partial charge in [0.2, 0.25) is 5.88 Å². The summed E-state index contributed by atoms with van der Waals surface area (Å²) in [6.07, 6.45) is 6.63. The number of carboxylic acids is 1. The second-order valence-corrected chi connectivity index (χ2v) is 5.20. The maximum absolute atomic E-state index is 10.7. The molecule has 0 amide bonds. The van der Waals surface area contributed by atoms with E-state index in [1.165, 1.54) is 19.3 Å². The Morgan fingerprint density at radius 2 is 2.11 bits per heavy atom. The quantitative estimate of drug-likeness (QED) is 0.890. The Balaban J connectivity index is 2.23. The van der Waals surface area contributed by atoms with Crippen LogP contribution in [0, 0.1) is 6.92 Å². The Morgan fingerprint density at radius 1 is 1.42 bits per heavy atom. The highest BCUT2D eigenvalue weighted by atomic mass is 16.5. The SMILES string of the molecule is COc1c(CCC(=O)O)c(C)nn1C1CCCCC1. The van der Waals surface area contributed by atoms with Gasteiger partial charge in [-0.3, -0.25) is 4.79 Å². The fourth-order valence-electron chi connectivity index (χ4n) is 2.87. The summed E-state index contributed by atoms with van der Waals surface area (Å²) < 4.78 is 7.47. The number of ether oxygens (including phenoxy) is 1. The Kier molecular flexibility index (Phi) is 4.45. The minimum atomic E-state index is -0.785. The summed E-state index contributed by atoms with van der Waals surface area (Å²) in [6, 6.07) is 0.404. The second-order valence-electron chi connectivity index (χ2n) is 5.20. The van der Waals surface area contributed by atoms with Gasteiger partial charge in [0.15, 0.2) is 0 Å². The average molecular weight is 266 g/mol. The van der Waals surface area contributed by atoms with Crippen molar-refractivity contribution in [3.05, 3.63) is 11.3 Å². The van der Waals surface area contributed by atoms with Crippen molar-refractivity contribution in [1.29, 1.82) is 0 Å². The summed E-state index contributed by atoms with van der Waals surface area (Å²) in [5, 5.41) is 13.4. The third kappa shape index (κ3) is 3.08. The van der Waals surface area contributed by atoms with Gasteiger partial charge in [0.25, 0.3) is 0 Å². The van der Waals surface area contributed by atoms with Crippen molar-refractivity contribution in [2.45, 2.75) is 57.9 Å². The third-order valence-corrected chi connectivity index (χ3v) is 3.86. The van der Waals surface area contributed by atoms with Gasteiger partial charge in [-0.15, -0.1) is 0 Å². The van der Waals surface area contributed by atoms with Gasteiger partial charge in [0.05, 0.1) is 18.8 Å². The zero-order valence-corrected chi connectivity index (χ0v) is 11.7. The number of carboxylic acid groups (broad SMARTS) is 1. The highest BCUT2D eigenvalue weighted by molar-refractivity contribution is 5.67. The van der Waals surface area contributed by atoms with Gasteiger partial charge < -0.3 is 9.84 Å². The molecule has 0 bridgehead atoms. The van der Waals surface area contributed by atoms with Crippen LogP contribution in [0.5, 0.6) is 5.88 Å². The summed E-state index contributed by atoms with van der Waals surface area (Å²) in [7, 11) is 1.64. The van der Waals surface area contributed by atoms with Crippen LogP contribution < -0.4 is 4.74 Å². The zero-order chi connectivity index (χ0) is 13.8. The molecule has 1 aromatic heterocycles. The molecule has 1 aromatic rings. The predicted molar refractivity (Wildman–Crippen MR) is 71.6 cm³/mol. The van der Waals surface area contributed by atoms with Gasteiger partial charge in [-0.05, 0) is 26.2 Å². The van der Waals surface area contributed by atoms with E-state index in [1.807, 2.05) is 11.6 Å². The lowest BCUT2D eigenvalue weighted by Gasteiger charge is -2.23. The number of nitrogens with zero attached hydrogens (tertiary/aromatic N) is 2. The molecule has 0 unspecified atom stereocenters. The Bertz CT molecular complexity index is 448. The predicted octanol–water partition coefficient (Wildman–Crippen LogP) is 2.72. The largest absolute Gasteiger partial charge is 0.481 e.